The van der Waals surface area contributed by atoms with Gasteiger partial charge in [-0.05, 0) is 33.5 Å². The second kappa shape index (κ2) is 6.70. The fourth-order valence-electron chi connectivity index (χ4n) is 1.14. The topological polar surface area (TPSA) is 41.1 Å². The lowest BCUT2D eigenvalue weighted by Crippen LogP contribution is -2.15. The first-order valence-electron chi connectivity index (χ1n) is 5.48. The number of aryl methyl sites for hydroxylation is 1. The Kier molecular flexibility index (Phi) is 5.55. The van der Waals surface area contributed by atoms with Crippen LogP contribution in [0.5, 0.6) is 0 Å². The molecule has 0 aliphatic rings. The van der Waals surface area contributed by atoms with Gasteiger partial charge in [-0.25, -0.2) is 9.97 Å². The molecule has 1 aromatic rings. The molecule has 0 atom stereocenters. The molecule has 0 fully saturated rings. The predicted octanol–water partition coefficient (Wildman–Crippen LogP) is 1.87. The van der Waals surface area contributed by atoms with Crippen LogP contribution in [0.3, 0.4) is 0 Å². The zero-order chi connectivity index (χ0) is 12.0. The van der Waals surface area contributed by atoms with E-state index in [1.165, 1.54) is 0 Å². The van der Waals surface area contributed by atoms with E-state index in [4.69, 9.17) is 0 Å². The van der Waals surface area contributed by atoms with Crippen molar-refractivity contribution in [2.45, 2.75) is 18.9 Å². The molecule has 16 heavy (non-hydrogen) atoms. The monoisotopic (exact) mass is 240 g/mol. The van der Waals surface area contributed by atoms with Gasteiger partial charge in [0, 0.05) is 25.0 Å². The fraction of sp³-hybridized carbons (Fsp3) is 0.636. The van der Waals surface area contributed by atoms with Crippen molar-refractivity contribution in [3.05, 3.63) is 11.8 Å². The average Bonchev–Trinajstić information content (AvgIpc) is 2.22. The van der Waals surface area contributed by atoms with Crippen LogP contribution in [0.2, 0.25) is 0 Å². The average molecular weight is 240 g/mol. The van der Waals surface area contributed by atoms with Gasteiger partial charge in [0.2, 0.25) is 5.95 Å². The van der Waals surface area contributed by atoms with E-state index in [0.29, 0.717) is 0 Å². The molecular formula is C11H20N4S. The van der Waals surface area contributed by atoms with Crippen molar-refractivity contribution in [1.82, 2.24) is 14.9 Å². The quantitative estimate of drug-likeness (QED) is 0.607. The summed E-state index contributed by atoms with van der Waals surface area (Å²) in [5.74, 6) is 1.77. The smallest absolute Gasteiger partial charge is 0.223 e. The highest BCUT2D eigenvalue weighted by Crippen LogP contribution is 2.20. The summed E-state index contributed by atoms with van der Waals surface area (Å²) in [6.45, 7) is 6.01. The zero-order valence-electron chi connectivity index (χ0n) is 10.4. The van der Waals surface area contributed by atoms with Crippen LogP contribution >= 0.6 is 11.8 Å². The summed E-state index contributed by atoms with van der Waals surface area (Å²) >= 11 is 1.78. The summed E-state index contributed by atoms with van der Waals surface area (Å²) < 4.78 is 0. The van der Waals surface area contributed by atoms with Crippen molar-refractivity contribution in [3.63, 3.8) is 0 Å². The third-order valence-corrected chi connectivity index (χ3v) is 3.11. The van der Waals surface area contributed by atoms with Gasteiger partial charge in [0.05, 0.1) is 0 Å². The van der Waals surface area contributed by atoms with E-state index in [0.717, 1.165) is 35.4 Å². The Morgan fingerprint density at radius 2 is 2.19 bits per heavy atom. The number of aromatic nitrogens is 2. The molecule has 0 aromatic carbocycles. The van der Waals surface area contributed by atoms with Crippen LogP contribution in [0.25, 0.3) is 0 Å². The van der Waals surface area contributed by atoms with E-state index in [9.17, 15) is 0 Å². The molecule has 1 aromatic heterocycles. The number of nitrogens with one attached hydrogen (secondary N) is 1. The van der Waals surface area contributed by atoms with E-state index < -0.39 is 0 Å². The first kappa shape index (κ1) is 13.3. The lowest BCUT2D eigenvalue weighted by Gasteiger charge is -2.10. The molecule has 0 unspecified atom stereocenters. The van der Waals surface area contributed by atoms with Gasteiger partial charge in [-0.1, -0.05) is 0 Å². The number of rotatable bonds is 6. The van der Waals surface area contributed by atoms with Gasteiger partial charge < -0.3 is 10.2 Å². The summed E-state index contributed by atoms with van der Waals surface area (Å²) in [5.41, 5.74) is 1.14. The fourth-order valence-corrected chi connectivity index (χ4v) is 2.22. The number of thioether (sulfide) groups is 1. The Labute approximate surface area is 102 Å². The number of anilines is 1. The van der Waals surface area contributed by atoms with Crippen LogP contribution in [-0.2, 0) is 0 Å². The Morgan fingerprint density at radius 1 is 1.44 bits per heavy atom. The number of hydrogen-bond donors (Lipinski definition) is 1. The highest BCUT2D eigenvalue weighted by atomic mass is 32.2. The summed E-state index contributed by atoms with van der Waals surface area (Å²) in [5, 5.41) is 4.21. The SMILES string of the molecule is CCNc1ncc(C)c(SCCN(C)C)n1. The molecule has 0 radical (unpaired) electrons. The maximum Gasteiger partial charge on any atom is 0.223 e. The lowest BCUT2D eigenvalue weighted by molar-refractivity contribution is 0.437. The molecular weight excluding hydrogens is 220 g/mol. The highest BCUT2D eigenvalue weighted by molar-refractivity contribution is 7.99. The molecule has 1 heterocycles. The van der Waals surface area contributed by atoms with Gasteiger partial charge in [0.25, 0.3) is 0 Å². The molecule has 0 bridgehead atoms. The van der Waals surface area contributed by atoms with Crippen LogP contribution in [0.4, 0.5) is 5.95 Å². The molecule has 0 spiro atoms. The van der Waals surface area contributed by atoms with Crippen LogP contribution in [-0.4, -0.2) is 47.8 Å². The van der Waals surface area contributed by atoms with Crippen molar-refractivity contribution in [1.29, 1.82) is 0 Å². The molecule has 0 saturated heterocycles. The predicted molar refractivity (Wildman–Crippen MR) is 70.2 cm³/mol. The minimum atomic E-state index is 0.723. The summed E-state index contributed by atoms with van der Waals surface area (Å²) in [4.78, 5) is 10.9. The van der Waals surface area contributed by atoms with Gasteiger partial charge >= 0.3 is 0 Å². The van der Waals surface area contributed by atoms with Gasteiger partial charge in [-0.2, -0.15) is 0 Å². The van der Waals surface area contributed by atoms with E-state index in [-0.39, 0.29) is 0 Å². The van der Waals surface area contributed by atoms with E-state index in [2.05, 4.69) is 34.3 Å². The Bertz CT molecular complexity index is 328. The molecule has 5 heteroatoms. The van der Waals surface area contributed by atoms with E-state index in [1.54, 1.807) is 11.8 Å². The summed E-state index contributed by atoms with van der Waals surface area (Å²) in [7, 11) is 4.16. The van der Waals surface area contributed by atoms with Crippen molar-refractivity contribution < 1.29 is 0 Å². The summed E-state index contributed by atoms with van der Waals surface area (Å²) in [6.07, 6.45) is 1.88. The number of nitrogens with zero attached hydrogens (tertiary/aromatic N) is 3. The Balaban J connectivity index is 2.59. The van der Waals surface area contributed by atoms with Gasteiger partial charge in [0.1, 0.15) is 5.03 Å². The minimum Gasteiger partial charge on any atom is -0.354 e. The molecule has 90 valence electrons. The molecule has 0 aliphatic heterocycles. The van der Waals surface area contributed by atoms with Crippen molar-refractivity contribution in [3.8, 4) is 0 Å². The van der Waals surface area contributed by atoms with Crippen LogP contribution in [0, 0.1) is 6.92 Å². The normalized spacial score (nSPS) is 10.8. The minimum absolute atomic E-state index is 0.723. The van der Waals surface area contributed by atoms with Gasteiger partial charge in [-0.3, -0.25) is 0 Å². The largest absolute Gasteiger partial charge is 0.354 e. The number of hydrogen-bond acceptors (Lipinski definition) is 5. The van der Waals surface area contributed by atoms with Crippen LogP contribution in [0.1, 0.15) is 12.5 Å². The van der Waals surface area contributed by atoms with Crippen molar-refractivity contribution >= 4 is 17.7 Å². The first-order valence-corrected chi connectivity index (χ1v) is 6.47. The van der Waals surface area contributed by atoms with E-state index >= 15 is 0 Å². The summed E-state index contributed by atoms with van der Waals surface area (Å²) in [6, 6.07) is 0. The van der Waals surface area contributed by atoms with Gasteiger partial charge in [-0.15, -0.1) is 11.8 Å². The molecule has 0 amide bonds. The van der Waals surface area contributed by atoms with Gasteiger partial charge in [0.15, 0.2) is 0 Å². The zero-order valence-corrected chi connectivity index (χ0v) is 11.3. The van der Waals surface area contributed by atoms with Crippen molar-refractivity contribution in [2.75, 3.05) is 38.3 Å². The molecule has 4 nitrogen and oxygen atoms in total. The second-order valence-electron chi connectivity index (χ2n) is 3.86. The molecule has 1 rings (SSSR count). The maximum absolute atomic E-state index is 4.48. The standard InChI is InChI=1S/C11H20N4S/c1-5-12-11-13-8-9(2)10(14-11)16-7-6-15(3)4/h8H,5-7H2,1-4H3,(H,12,13,14). The lowest BCUT2D eigenvalue weighted by atomic mass is 10.4. The molecule has 0 aliphatic carbocycles. The van der Waals surface area contributed by atoms with E-state index in [1.807, 2.05) is 20.0 Å². The van der Waals surface area contributed by atoms with Crippen LogP contribution in [0.15, 0.2) is 11.2 Å². The molecule has 0 saturated carbocycles. The highest BCUT2D eigenvalue weighted by Gasteiger charge is 2.04. The maximum atomic E-state index is 4.48. The Hall–Kier alpha value is -0.810. The third-order valence-electron chi connectivity index (χ3n) is 2.04. The second-order valence-corrected chi connectivity index (χ2v) is 4.95. The first-order chi connectivity index (χ1) is 7.63. The van der Waals surface area contributed by atoms with Crippen molar-refractivity contribution in [2.24, 2.45) is 0 Å². The van der Waals surface area contributed by atoms with Crippen LogP contribution < -0.4 is 5.32 Å². The third kappa shape index (κ3) is 4.37. The molecule has 1 N–H and O–H groups in total. The Morgan fingerprint density at radius 3 is 2.81 bits per heavy atom.